The number of carbonyl (C=O) groups is 1. The Labute approximate surface area is 157 Å². The number of benzene rings is 1. The van der Waals surface area contributed by atoms with E-state index in [-0.39, 0.29) is 24.7 Å². The Hall–Kier alpha value is -3.09. The Bertz CT molecular complexity index is 1020. The van der Waals surface area contributed by atoms with Gasteiger partial charge in [0.15, 0.2) is 17.1 Å². The highest BCUT2D eigenvalue weighted by molar-refractivity contribution is 6.12. The van der Waals surface area contributed by atoms with Gasteiger partial charge in [0, 0.05) is 23.5 Å². The van der Waals surface area contributed by atoms with E-state index in [1.54, 1.807) is 24.4 Å². The molecule has 4 rings (SSSR count). The van der Waals surface area contributed by atoms with Crippen LogP contribution in [0.25, 0.3) is 11.0 Å². The summed E-state index contributed by atoms with van der Waals surface area (Å²) in [6.45, 7) is 8.41. The average Bonchev–Trinajstić information content (AvgIpc) is 3.26. The minimum Gasteiger partial charge on any atom is -0.454 e. The largest absolute Gasteiger partial charge is 0.454 e. The van der Waals surface area contributed by atoms with Crippen LogP contribution >= 0.6 is 0 Å². The number of amides is 1. The molecule has 0 saturated carbocycles. The Balaban J connectivity index is 1.74. The number of nitrogens with one attached hydrogen (secondary N) is 1. The van der Waals surface area contributed by atoms with Crippen molar-refractivity contribution in [3.63, 3.8) is 0 Å². The maximum atomic E-state index is 13.0. The van der Waals surface area contributed by atoms with Gasteiger partial charge in [-0.05, 0) is 38.0 Å². The standard InChI is InChI=1S/C20H22N4O3/c1-11(2)16-8-14(15-9-21-24(12(3)4)19(15)23-16)20(25)22-13-5-6-17-18(7-13)27-10-26-17/h5-9,11-12H,10H2,1-4H3,(H,22,25). The summed E-state index contributed by atoms with van der Waals surface area (Å²) in [5.74, 6) is 1.30. The summed E-state index contributed by atoms with van der Waals surface area (Å²) in [4.78, 5) is 17.8. The molecule has 3 aromatic rings. The zero-order chi connectivity index (χ0) is 19.1. The normalized spacial score (nSPS) is 13.0. The summed E-state index contributed by atoms with van der Waals surface area (Å²) >= 11 is 0. The molecule has 0 fully saturated rings. The first kappa shape index (κ1) is 17.3. The fraction of sp³-hybridized carbons (Fsp3) is 0.350. The van der Waals surface area contributed by atoms with E-state index in [4.69, 9.17) is 14.5 Å². The summed E-state index contributed by atoms with van der Waals surface area (Å²) in [5, 5.41) is 8.12. The van der Waals surface area contributed by atoms with Crippen LogP contribution in [0, 0.1) is 0 Å². The molecule has 1 aromatic carbocycles. The number of nitrogens with zero attached hydrogens (tertiary/aromatic N) is 3. The zero-order valence-electron chi connectivity index (χ0n) is 15.8. The average molecular weight is 366 g/mol. The maximum Gasteiger partial charge on any atom is 0.256 e. The molecular formula is C20H22N4O3. The van der Waals surface area contributed by atoms with Crippen molar-refractivity contribution in [2.75, 3.05) is 12.1 Å². The second-order valence-electron chi connectivity index (χ2n) is 7.19. The van der Waals surface area contributed by atoms with Crippen LogP contribution in [0.4, 0.5) is 5.69 Å². The lowest BCUT2D eigenvalue weighted by molar-refractivity contribution is 0.102. The van der Waals surface area contributed by atoms with Crippen molar-refractivity contribution in [3.05, 3.63) is 41.7 Å². The first-order valence-corrected chi connectivity index (χ1v) is 9.03. The molecule has 1 aliphatic rings. The fourth-order valence-electron chi connectivity index (χ4n) is 3.07. The van der Waals surface area contributed by atoms with Crippen molar-refractivity contribution >= 4 is 22.6 Å². The number of hydrogen-bond donors (Lipinski definition) is 1. The van der Waals surface area contributed by atoms with E-state index in [2.05, 4.69) is 24.3 Å². The summed E-state index contributed by atoms with van der Waals surface area (Å²) in [5.41, 5.74) is 2.80. The third kappa shape index (κ3) is 3.09. The molecule has 3 heterocycles. The number of carbonyl (C=O) groups excluding carboxylic acids is 1. The lowest BCUT2D eigenvalue weighted by atomic mass is 10.0. The van der Waals surface area contributed by atoms with Gasteiger partial charge in [-0.3, -0.25) is 4.79 Å². The molecule has 0 aliphatic carbocycles. The fourth-order valence-corrected chi connectivity index (χ4v) is 3.07. The third-order valence-corrected chi connectivity index (χ3v) is 4.54. The number of fused-ring (bicyclic) bond motifs is 2. The number of pyridine rings is 1. The van der Waals surface area contributed by atoms with Crippen LogP contribution < -0.4 is 14.8 Å². The van der Waals surface area contributed by atoms with Crippen LogP contribution in [-0.4, -0.2) is 27.5 Å². The predicted octanol–water partition coefficient (Wildman–Crippen LogP) is 4.12. The monoisotopic (exact) mass is 366 g/mol. The Morgan fingerprint density at radius 3 is 2.67 bits per heavy atom. The molecule has 140 valence electrons. The zero-order valence-corrected chi connectivity index (χ0v) is 15.8. The quantitative estimate of drug-likeness (QED) is 0.751. The number of aromatic nitrogens is 3. The topological polar surface area (TPSA) is 78.3 Å². The van der Waals surface area contributed by atoms with Gasteiger partial charge in [-0.25, -0.2) is 9.67 Å². The maximum absolute atomic E-state index is 13.0. The van der Waals surface area contributed by atoms with E-state index in [0.717, 1.165) is 16.7 Å². The molecule has 0 saturated heterocycles. The van der Waals surface area contributed by atoms with Gasteiger partial charge in [-0.2, -0.15) is 5.10 Å². The number of hydrogen-bond acceptors (Lipinski definition) is 5. The smallest absolute Gasteiger partial charge is 0.256 e. The van der Waals surface area contributed by atoms with Crippen LogP contribution in [0.2, 0.25) is 0 Å². The first-order valence-electron chi connectivity index (χ1n) is 9.03. The van der Waals surface area contributed by atoms with Crippen molar-refractivity contribution in [2.24, 2.45) is 0 Å². The molecule has 0 unspecified atom stereocenters. The van der Waals surface area contributed by atoms with Gasteiger partial charge in [0.25, 0.3) is 5.91 Å². The summed E-state index contributed by atoms with van der Waals surface area (Å²) < 4.78 is 12.5. The van der Waals surface area contributed by atoms with Gasteiger partial charge < -0.3 is 14.8 Å². The van der Waals surface area contributed by atoms with Gasteiger partial charge in [0.05, 0.1) is 17.1 Å². The van der Waals surface area contributed by atoms with Gasteiger partial charge in [-0.15, -0.1) is 0 Å². The predicted molar refractivity (Wildman–Crippen MR) is 103 cm³/mol. The molecule has 27 heavy (non-hydrogen) atoms. The molecule has 1 N–H and O–H groups in total. The van der Waals surface area contributed by atoms with Crippen molar-refractivity contribution in [2.45, 2.75) is 39.7 Å². The molecule has 0 radical (unpaired) electrons. The summed E-state index contributed by atoms with van der Waals surface area (Å²) in [6.07, 6.45) is 1.71. The van der Waals surface area contributed by atoms with Crippen molar-refractivity contribution < 1.29 is 14.3 Å². The molecule has 1 amide bonds. The minimum absolute atomic E-state index is 0.155. The van der Waals surface area contributed by atoms with Gasteiger partial charge in [0.2, 0.25) is 6.79 Å². The second kappa shape index (κ2) is 6.57. The lowest BCUT2D eigenvalue weighted by Gasteiger charge is -2.12. The van der Waals surface area contributed by atoms with Crippen molar-refractivity contribution in [1.29, 1.82) is 0 Å². The van der Waals surface area contributed by atoms with E-state index in [1.165, 1.54) is 0 Å². The molecule has 1 aliphatic heterocycles. The summed E-state index contributed by atoms with van der Waals surface area (Å²) in [7, 11) is 0. The van der Waals surface area contributed by atoms with E-state index in [9.17, 15) is 4.79 Å². The summed E-state index contributed by atoms with van der Waals surface area (Å²) in [6, 6.07) is 7.35. The molecule has 0 atom stereocenters. The van der Waals surface area contributed by atoms with E-state index < -0.39 is 0 Å². The van der Waals surface area contributed by atoms with Crippen LogP contribution in [0.15, 0.2) is 30.5 Å². The van der Waals surface area contributed by atoms with E-state index in [1.807, 2.05) is 24.6 Å². The van der Waals surface area contributed by atoms with E-state index in [0.29, 0.717) is 22.7 Å². The molecule has 7 heteroatoms. The number of rotatable bonds is 4. The highest BCUT2D eigenvalue weighted by Crippen LogP contribution is 2.34. The van der Waals surface area contributed by atoms with Crippen LogP contribution in [0.5, 0.6) is 11.5 Å². The SMILES string of the molecule is CC(C)c1cc(C(=O)Nc2ccc3c(c2)OCO3)c2cnn(C(C)C)c2n1. The molecule has 7 nitrogen and oxygen atoms in total. The molecule has 0 spiro atoms. The highest BCUT2D eigenvalue weighted by Gasteiger charge is 2.20. The number of anilines is 1. The van der Waals surface area contributed by atoms with Crippen molar-refractivity contribution in [1.82, 2.24) is 14.8 Å². The van der Waals surface area contributed by atoms with Gasteiger partial charge in [0.1, 0.15) is 0 Å². The van der Waals surface area contributed by atoms with Crippen LogP contribution in [0.1, 0.15) is 55.7 Å². The third-order valence-electron chi connectivity index (χ3n) is 4.54. The van der Waals surface area contributed by atoms with Gasteiger partial charge >= 0.3 is 0 Å². The Kier molecular flexibility index (Phi) is 4.22. The molecular weight excluding hydrogens is 344 g/mol. The van der Waals surface area contributed by atoms with Crippen molar-refractivity contribution in [3.8, 4) is 11.5 Å². The van der Waals surface area contributed by atoms with Crippen LogP contribution in [0.3, 0.4) is 0 Å². The van der Waals surface area contributed by atoms with Gasteiger partial charge in [-0.1, -0.05) is 13.8 Å². The van der Waals surface area contributed by atoms with Crippen LogP contribution in [-0.2, 0) is 0 Å². The second-order valence-corrected chi connectivity index (χ2v) is 7.19. The highest BCUT2D eigenvalue weighted by atomic mass is 16.7. The molecule has 0 bridgehead atoms. The Morgan fingerprint density at radius 2 is 1.93 bits per heavy atom. The first-order chi connectivity index (χ1) is 12.9. The number of ether oxygens (including phenoxy) is 2. The molecule has 2 aromatic heterocycles. The lowest BCUT2D eigenvalue weighted by Crippen LogP contribution is -2.14. The minimum atomic E-state index is -0.202. The Morgan fingerprint density at radius 1 is 1.15 bits per heavy atom. The van der Waals surface area contributed by atoms with E-state index >= 15 is 0 Å².